The Bertz CT molecular complexity index is 983. The van der Waals surface area contributed by atoms with Gasteiger partial charge in [-0.05, 0) is 25.7 Å². The molecule has 0 aromatic heterocycles. The van der Waals surface area contributed by atoms with E-state index in [1.54, 1.807) is 34.1 Å². The number of nitrogens with zero attached hydrogens (tertiary/aromatic N) is 2. The van der Waals surface area contributed by atoms with Crippen LogP contribution in [0.25, 0.3) is 0 Å². The highest BCUT2D eigenvalue weighted by Crippen LogP contribution is 2.43. The largest absolute Gasteiger partial charge is 0.368 e. The molecule has 196 valence electrons. The molecule has 3 rings (SSSR count). The minimum atomic E-state index is -1.02. The number of rotatable bonds is 14. The number of ketones is 2. The number of benzene rings is 2. The quantitative estimate of drug-likeness (QED) is 0.230. The van der Waals surface area contributed by atoms with Gasteiger partial charge in [-0.3, -0.25) is 9.59 Å². The fourth-order valence-electron chi connectivity index (χ4n) is 4.92. The minimum absolute atomic E-state index is 0.0257. The zero-order chi connectivity index (χ0) is 26.2. The highest BCUT2D eigenvalue weighted by atomic mass is 19.2. The van der Waals surface area contributed by atoms with Crippen LogP contribution in [0.15, 0.2) is 24.3 Å². The van der Waals surface area contributed by atoms with Gasteiger partial charge in [0.25, 0.3) is 0 Å². The van der Waals surface area contributed by atoms with Crippen LogP contribution in [0.1, 0.15) is 111 Å². The number of hydrogen-bond donors (Lipinski definition) is 0. The zero-order valence-electron chi connectivity index (χ0n) is 22.3. The van der Waals surface area contributed by atoms with Crippen molar-refractivity contribution in [3.05, 3.63) is 58.2 Å². The average molecular weight is 499 g/mol. The van der Waals surface area contributed by atoms with Gasteiger partial charge in [0, 0.05) is 37.3 Å². The molecular weight excluding hydrogens is 458 g/mol. The fourth-order valence-corrected chi connectivity index (χ4v) is 4.92. The van der Waals surface area contributed by atoms with Crippen molar-refractivity contribution in [1.29, 1.82) is 0 Å². The molecule has 0 heterocycles. The van der Waals surface area contributed by atoms with Crippen LogP contribution < -0.4 is 9.80 Å². The van der Waals surface area contributed by atoms with Crippen LogP contribution in [0.3, 0.4) is 0 Å². The van der Waals surface area contributed by atoms with E-state index in [-0.39, 0.29) is 33.6 Å². The molecule has 0 aliphatic heterocycles. The second-order valence-electron chi connectivity index (χ2n) is 9.67. The molecule has 36 heavy (non-hydrogen) atoms. The Morgan fingerprint density at radius 3 is 1.17 bits per heavy atom. The van der Waals surface area contributed by atoms with Gasteiger partial charge < -0.3 is 9.80 Å². The second kappa shape index (κ2) is 13.0. The molecule has 1 aliphatic rings. The van der Waals surface area contributed by atoms with Crippen molar-refractivity contribution in [2.75, 3.05) is 36.0 Å². The van der Waals surface area contributed by atoms with Crippen molar-refractivity contribution in [1.82, 2.24) is 0 Å². The van der Waals surface area contributed by atoms with Gasteiger partial charge in [0.15, 0.2) is 23.2 Å². The summed E-state index contributed by atoms with van der Waals surface area (Å²) in [7, 11) is 0. The average Bonchev–Trinajstić information content (AvgIpc) is 2.89. The summed E-state index contributed by atoms with van der Waals surface area (Å²) in [6.45, 7) is 10.1. The molecule has 0 spiro atoms. The molecule has 4 nitrogen and oxygen atoms in total. The summed E-state index contributed by atoms with van der Waals surface area (Å²) in [4.78, 5) is 31.4. The molecule has 2 aromatic carbocycles. The van der Waals surface area contributed by atoms with E-state index in [2.05, 4.69) is 0 Å². The summed E-state index contributed by atoms with van der Waals surface area (Å²) in [5, 5.41) is 0. The maximum Gasteiger partial charge on any atom is 0.196 e. The predicted octanol–water partition coefficient (Wildman–Crippen LogP) is 7.55. The molecule has 0 bridgehead atoms. The predicted molar refractivity (Wildman–Crippen MR) is 144 cm³/mol. The van der Waals surface area contributed by atoms with Crippen LogP contribution in [0.5, 0.6) is 0 Å². The molecule has 6 heteroatoms. The number of halogens is 2. The Morgan fingerprint density at radius 1 is 0.583 bits per heavy atom. The van der Waals surface area contributed by atoms with Gasteiger partial charge in [-0.15, -0.1) is 0 Å². The van der Waals surface area contributed by atoms with E-state index in [0.717, 1.165) is 51.4 Å². The van der Waals surface area contributed by atoms with Gasteiger partial charge in [-0.1, -0.05) is 77.6 Å². The maximum atomic E-state index is 16.1. The highest BCUT2D eigenvalue weighted by molar-refractivity contribution is 6.32. The van der Waals surface area contributed by atoms with Crippen molar-refractivity contribution in [3.8, 4) is 0 Å². The summed E-state index contributed by atoms with van der Waals surface area (Å²) < 4.78 is 32.3. The van der Waals surface area contributed by atoms with Crippen molar-refractivity contribution >= 4 is 22.9 Å². The number of carbonyl (C=O) groups is 2. The van der Waals surface area contributed by atoms with Crippen LogP contribution in [-0.4, -0.2) is 37.7 Å². The molecule has 0 N–H and O–H groups in total. The van der Waals surface area contributed by atoms with Gasteiger partial charge in [-0.25, -0.2) is 8.78 Å². The first kappa shape index (κ1) is 27.8. The van der Waals surface area contributed by atoms with E-state index in [9.17, 15) is 9.59 Å². The van der Waals surface area contributed by atoms with Crippen LogP contribution >= 0.6 is 0 Å². The molecule has 0 saturated heterocycles. The summed E-state index contributed by atoms with van der Waals surface area (Å²) >= 11 is 0. The van der Waals surface area contributed by atoms with E-state index >= 15 is 8.78 Å². The first-order valence-corrected chi connectivity index (χ1v) is 13.7. The van der Waals surface area contributed by atoms with Crippen molar-refractivity contribution < 1.29 is 18.4 Å². The summed E-state index contributed by atoms with van der Waals surface area (Å²) in [5.74, 6) is -2.84. The zero-order valence-corrected chi connectivity index (χ0v) is 22.3. The van der Waals surface area contributed by atoms with Crippen molar-refractivity contribution in [2.45, 2.75) is 79.1 Å². The molecule has 0 unspecified atom stereocenters. The van der Waals surface area contributed by atoms with E-state index in [1.807, 2.05) is 27.7 Å². The third-order valence-electron chi connectivity index (χ3n) is 6.96. The third kappa shape index (κ3) is 5.47. The number of fused-ring (bicyclic) bond motifs is 2. The van der Waals surface area contributed by atoms with Crippen LogP contribution in [-0.2, 0) is 0 Å². The van der Waals surface area contributed by atoms with Gasteiger partial charge in [-0.2, -0.15) is 0 Å². The van der Waals surface area contributed by atoms with Gasteiger partial charge in [0.05, 0.1) is 22.5 Å². The Balaban J connectivity index is 2.35. The normalized spacial score (nSPS) is 12.5. The smallest absolute Gasteiger partial charge is 0.196 e. The van der Waals surface area contributed by atoms with E-state index < -0.39 is 23.2 Å². The molecule has 0 fully saturated rings. The van der Waals surface area contributed by atoms with Crippen LogP contribution in [0.4, 0.5) is 20.2 Å². The molecular formula is C30H40F2N2O2. The van der Waals surface area contributed by atoms with E-state index in [0.29, 0.717) is 26.2 Å². The van der Waals surface area contributed by atoms with Crippen LogP contribution in [0, 0.1) is 11.6 Å². The van der Waals surface area contributed by atoms with Crippen molar-refractivity contribution in [2.24, 2.45) is 0 Å². The Morgan fingerprint density at radius 2 is 0.889 bits per heavy atom. The number of carbonyl (C=O) groups excluding carboxylic acids is 2. The topological polar surface area (TPSA) is 40.6 Å². The maximum absolute atomic E-state index is 16.1. The number of hydrogen-bond acceptors (Lipinski definition) is 4. The molecule has 0 saturated carbocycles. The van der Waals surface area contributed by atoms with Gasteiger partial charge in [0.2, 0.25) is 0 Å². The lowest BCUT2D eigenvalue weighted by Crippen LogP contribution is -2.35. The number of unbranched alkanes of at least 4 members (excludes halogenated alkanes) is 4. The SMILES string of the molecule is CCCCN(CCCC)c1c(F)c(F)c(N(CCCC)CCCC)c2c1C(=O)c1ccccc1C2=O. The summed E-state index contributed by atoms with van der Waals surface area (Å²) in [6, 6.07) is 6.63. The second-order valence-corrected chi connectivity index (χ2v) is 9.67. The van der Waals surface area contributed by atoms with Crippen LogP contribution in [0.2, 0.25) is 0 Å². The minimum Gasteiger partial charge on any atom is -0.368 e. The Labute approximate surface area is 214 Å². The molecule has 0 atom stereocenters. The molecule has 0 radical (unpaired) electrons. The van der Waals surface area contributed by atoms with Crippen molar-refractivity contribution in [3.63, 3.8) is 0 Å². The van der Waals surface area contributed by atoms with Gasteiger partial charge >= 0.3 is 0 Å². The lowest BCUT2D eigenvalue weighted by atomic mass is 9.81. The first-order chi connectivity index (χ1) is 17.4. The lowest BCUT2D eigenvalue weighted by Gasteiger charge is -2.34. The standard InChI is InChI=1S/C30H40F2N2O2/c1-5-9-17-33(18-10-6-2)27-23-24(30(36)22-16-14-13-15-21(22)29(23)35)28(26(32)25(27)31)34(19-11-7-3)20-12-8-4/h13-16H,5-12,17-20H2,1-4H3. The molecule has 1 aliphatic carbocycles. The van der Waals surface area contributed by atoms with E-state index in [4.69, 9.17) is 0 Å². The molecule has 0 amide bonds. The summed E-state index contributed by atoms with van der Waals surface area (Å²) in [5.41, 5.74) is 0.468. The molecule has 2 aromatic rings. The summed E-state index contributed by atoms with van der Waals surface area (Å²) in [6.07, 6.45) is 6.63. The third-order valence-corrected chi connectivity index (χ3v) is 6.96. The number of anilines is 2. The van der Waals surface area contributed by atoms with Gasteiger partial charge in [0.1, 0.15) is 0 Å². The monoisotopic (exact) mass is 498 g/mol. The Hall–Kier alpha value is -2.76. The Kier molecular flexibility index (Phi) is 10.0. The van der Waals surface area contributed by atoms with E-state index in [1.165, 1.54) is 0 Å². The first-order valence-electron chi connectivity index (χ1n) is 13.7. The fraction of sp³-hybridized carbons (Fsp3) is 0.533. The highest BCUT2D eigenvalue weighted by Gasteiger charge is 2.40. The lowest BCUT2D eigenvalue weighted by molar-refractivity contribution is 0.0979.